The van der Waals surface area contributed by atoms with Gasteiger partial charge in [-0.25, -0.2) is 4.57 Å². The number of nitrogens with one attached hydrogen (secondary N) is 1. The van der Waals surface area contributed by atoms with Crippen LogP contribution in [0.25, 0.3) is 0 Å². The summed E-state index contributed by atoms with van der Waals surface area (Å²) in [6.45, 7) is 4.85. The molecule has 1 atom stereocenters. The average molecular weight is 401 g/mol. The Bertz CT molecular complexity index is 706. The summed E-state index contributed by atoms with van der Waals surface area (Å²) in [5.41, 5.74) is -1.09. The molecular weight excluding hydrogens is 377 g/mol. The van der Waals surface area contributed by atoms with Gasteiger partial charge in [-0.15, -0.1) is 0 Å². The Balaban J connectivity index is 1.84. The van der Waals surface area contributed by atoms with Crippen LogP contribution >= 0.6 is 7.82 Å². The summed E-state index contributed by atoms with van der Waals surface area (Å²) in [6, 6.07) is 6.59. The zero-order chi connectivity index (χ0) is 20.1. The van der Waals surface area contributed by atoms with E-state index in [0.29, 0.717) is 11.5 Å². The van der Waals surface area contributed by atoms with Crippen LogP contribution < -0.4 is 14.4 Å². The second-order valence-electron chi connectivity index (χ2n) is 6.59. The Labute approximate surface area is 157 Å². The summed E-state index contributed by atoms with van der Waals surface area (Å²) < 4.78 is 33.0. The fourth-order valence-electron chi connectivity index (χ4n) is 2.21. The Morgan fingerprint density at radius 2 is 1.85 bits per heavy atom. The lowest BCUT2D eigenvalue weighted by Gasteiger charge is -2.29. The Morgan fingerprint density at radius 1 is 1.26 bits per heavy atom. The van der Waals surface area contributed by atoms with Gasteiger partial charge >= 0.3 is 13.8 Å². The van der Waals surface area contributed by atoms with Gasteiger partial charge < -0.3 is 24.2 Å². The maximum Gasteiger partial charge on any atom is 0.587 e. The van der Waals surface area contributed by atoms with Crippen molar-refractivity contribution < 1.29 is 37.6 Å². The molecule has 0 radical (unpaired) electrons. The maximum atomic E-state index is 12.5. The Morgan fingerprint density at radius 3 is 2.41 bits per heavy atom. The summed E-state index contributed by atoms with van der Waals surface area (Å²) in [5.74, 6) is -0.516. The number of hydrogen-bond donors (Lipinski definition) is 2. The minimum Gasteiger partial charge on any atom is -0.466 e. The maximum absolute atomic E-state index is 12.5. The molecule has 0 spiro atoms. The van der Waals surface area contributed by atoms with E-state index in [-0.39, 0.29) is 26.2 Å². The Kier molecular flexibility index (Phi) is 6.86. The second-order valence-corrected chi connectivity index (χ2v) is 8.10. The van der Waals surface area contributed by atoms with Crippen LogP contribution in [0.3, 0.4) is 0 Å². The predicted molar refractivity (Wildman–Crippen MR) is 95.3 cm³/mol. The van der Waals surface area contributed by atoms with Gasteiger partial charge in [0, 0.05) is 12.0 Å². The van der Waals surface area contributed by atoms with Crippen molar-refractivity contribution in [3.63, 3.8) is 0 Å². The molecule has 9 nitrogen and oxygen atoms in total. The van der Waals surface area contributed by atoms with Crippen LogP contribution in [-0.2, 0) is 23.4 Å². The van der Waals surface area contributed by atoms with Crippen molar-refractivity contribution in [3.8, 4) is 11.5 Å². The number of fused-ring (bicyclic) bond motifs is 1. The third-order valence-electron chi connectivity index (χ3n) is 3.79. The molecule has 2 N–H and O–H groups in total. The van der Waals surface area contributed by atoms with E-state index in [1.165, 1.54) is 0 Å². The predicted octanol–water partition coefficient (Wildman–Crippen LogP) is 2.04. The minimum atomic E-state index is -3.86. The molecule has 150 valence electrons. The van der Waals surface area contributed by atoms with Crippen molar-refractivity contribution >= 4 is 19.7 Å². The fourth-order valence-corrected chi connectivity index (χ4v) is 3.63. The first-order valence-corrected chi connectivity index (χ1v) is 9.97. The molecule has 1 aliphatic rings. The highest BCUT2D eigenvalue weighted by molar-refractivity contribution is 7.49. The molecule has 0 saturated carbocycles. The molecule has 0 unspecified atom stereocenters. The lowest BCUT2D eigenvalue weighted by molar-refractivity contribution is -0.143. The van der Waals surface area contributed by atoms with Crippen molar-refractivity contribution in [1.29, 1.82) is 0 Å². The molecule has 10 heteroatoms. The summed E-state index contributed by atoms with van der Waals surface area (Å²) in [4.78, 5) is 23.3. The molecule has 27 heavy (non-hydrogen) atoms. The largest absolute Gasteiger partial charge is 0.587 e. The second kappa shape index (κ2) is 8.73. The van der Waals surface area contributed by atoms with Gasteiger partial charge in [0.25, 0.3) is 0 Å². The van der Waals surface area contributed by atoms with Gasteiger partial charge in [-0.05, 0) is 19.1 Å². The van der Waals surface area contributed by atoms with Crippen molar-refractivity contribution in [2.45, 2.75) is 33.3 Å². The molecule has 0 aromatic heterocycles. The van der Waals surface area contributed by atoms with E-state index in [2.05, 4.69) is 5.32 Å². The number of benzene rings is 1. The van der Waals surface area contributed by atoms with Gasteiger partial charge in [-0.1, -0.05) is 26.0 Å². The number of phosphoric ester groups is 1. The number of carbonyl (C=O) groups excluding carboxylic acids is 2. The molecule has 1 heterocycles. The van der Waals surface area contributed by atoms with Crippen LogP contribution in [0, 0.1) is 5.41 Å². The van der Waals surface area contributed by atoms with Crippen molar-refractivity contribution in [1.82, 2.24) is 5.32 Å². The summed E-state index contributed by atoms with van der Waals surface area (Å²) >= 11 is 0. The lowest BCUT2D eigenvalue weighted by Crippen LogP contribution is -2.46. The number of rotatable bonds is 9. The molecule has 0 fully saturated rings. The van der Waals surface area contributed by atoms with Crippen molar-refractivity contribution in [2.24, 2.45) is 5.41 Å². The number of aliphatic hydroxyl groups is 1. The first-order chi connectivity index (χ1) is 12.7. The highest BCUT2D eigenvalue weighted by atomic mass is 31.2. The zero-order valence-electron chi connectivity index (χ0n) is 15.5. The number of phosphoric acid groups is 1. The van der Waals surface area contributed by atoms with Crippen LogP contribution in [0.15, 0.2) is 24.3 Å². The average Bonchev–Trinajstić information content (AvgIpc) is 2.96. The van der Waals surface area contributed by atoms with Crippen LogP contribution in [0.5, 0.6) is 11.5 Å². The van der Waals surface area contributed by atoms with E-state index in [0.717, 1.165) is 0 Å². The van der Waals surface area contributed by atoms with Gasteiger partial charge in [0.05, 0.1) is 19.6 Å². The topological polar surface area (TPSA) is 120 Å². The standard InChI is InChI=1S/C17H24NO8P/c1-4-23-14(19)9-10-18-16(21)15(20)17(2,3)11-24-27(22)25-12-7-5-6-8-13(12)26-27/h5-8,15,20H,4,9-11H2,1-3H3,(H,18,21)/t15-/m0/s1. The molecule has 0 saturated heterocycles. The van der Waals surface area contributed by atoms with Crippen LogP contribution in [0.4, 0.5) is 0 Å². The monoisotopic (exact) mass is 401 g/mol. The molecule has 1 aromatic rings. The summed E-state index contributed by atoms with van der Waals surface area (Å²) in [5, 5.41) is 12.7. The molecule has 2 rings (SSSR count). The van der Waals surface area contributed by atoms with E-state index >= 15 is 0 Å². The van der Waals surface area contributed by atoms with E-state index in [9.17, 15) is 19.3 Å². The smallest absolute Gasteiger partial charge is 0.466 e. The van der Waals surface area contributed by atoms with Gasteiger partial charge in [0.1, 0.15) is 6.10 Å². The van der Waals surface area contributed by atoms with E-state index < -0.39 is 31.2 Å². The van der Waals surface area contributed by atoms with Gasteiger partial charge in [0.2, 0.25) is 5.91 Å². The third-order valence-corrected chi connectivity index (χ3v) is 5.07. The Hall–Kier alpha value is -2.09. The molecule has 0 aliphatic carbocycles. The number of para-hydroxylation sites is 2. The molecule has 1 aromatic carbocycles. The summed E-state index contributed by atoms with van der Waals surface area (Å²) in [7, 11) is -3.86. The van der Waals surface area contributed by atoms with E-state index in [4.69, 9.17) is 18.3 Å². The number of hydrogen-bond acceptors (Lipinski definition) is 8. The van der Waals surface area contributed by atoms with Gasteiger partial charge in [-0.2, -0.15) is 0 Å². The minimum absolute atomic E-state index is 0.00162. The van der Waals surface area contributed by atoms with Crippen LogP contribution in [0.2, 0.25) is 0 Å². The lowest BCUT2D eigenvalue weighted by atomic mass is 9.87. The highest BCUT2D eigenvalue weighted by Gasteiger charge is 2.42. The van der Waals surface area contributed by atoms with Gasteiger partial charge in [-0.3, -0.25) is 14.1 Å². The molecule has 0 bridgehead atoms. The normalized spacial score (nSPS) is 15.9. The number of amides is 1. The highest BCUT2D eigenvalue weighted by Crippen LogP contribution is 2.59. The molecule has 1 aliphatic heterocycles. The number of carbonyl (C=O) groups is 2. The first kappa shape index (κ1) is 21.2. The number of aliphatic hydroxyl groups excluding tert-OH is 1. The number of esters is 1. The summed E-state index contributed by atoms with van der Waals surface area (Å²) in [6.07, 6.45) is -1.46. The van der Waals surface area contributed by atoms with Crippen LogP contribution in [-0.4, -0.2) is 42.8 Å². The SMILES string of the molecule is CCOC(=O)CCNC(=O)[C@H](O)C(C)(C)COP1(=O)Oc2ccccc2O1. The van der Waals surface area contributed by atoms with E-state index in [1.807, 2.05) is 0 Å². The van der Waals surface area contributed by atoms with Crippen molar-refractivity contribution in [3.05, 3.63) is 24.3 Å². The fraction of sp³-hybridized carbons (Fsp3) is 0.529. The molecule has 1 amide bonds. The zero-order valence-corrected chi connectivity index (χ0v) is 16.4. The number of ether oxygens (including phenoxy) is 1. The van der Waals surface area contributed by atoms with Crippen LogP contribution in [0.1, 0.15) is 27.2 Å². The van der Waals surface area contributed by atoms with Gasteiger partial charge in [0.15, 0.2) is 11.5 Å². The van der Waals surface area contributed by atoms with E-state index in [1.54, 1.807) is 45.0 Å². The third kappa shape index (κ3) is 5.69. The molecular formula is C17H24NO8P. The quantitative estimate of drug-likeness (QED) is 0.476. The first-order valence-electron chi connectivity index (χ1n) is 8.51. The van der Waals surface area contributed by atoms with Crippen molar-refractivity contribution in [2.75, 3.05) is 19.8 Å².